The van der Waals surface area contributed by atoms with E-state index < -0.39 is 23.5 Å². The summed E-state index contributed by atoms with van der Waals surface area (Å²) in [6.45, 7) is 3.39. The highest BCUT2D eigenvalue weighted by molar-refractivity contribution is 7.20. The summed E-state index contributed by atoms with van der Waals surface area (Å²) >= 11 is 7.22. The third-order valence-electron chi connectivity index (χ3n) is 5.49. The number of esters is 1. The van der Waals surface area contributed by atoms with Crippen LogP contribution in [-0.2, 0) is 16.1 Å². The number of aryl methyl sites for hydroxylation is 1. The maximum atomic E-state index is 13.3. The van der Waals surface area contributed by atoms with Crippen molar-refractivity contribution in [3.05, 3.63) is 86.2 Å². The second-order valence-corrected chi connectivity index (χ2v) is 9.18. The number of hydrogen-bond acceptors (Lipinski definition) is 7. The molecule has 10 heteroatoms. The van der Waals surface area contributed by atoms with Crippen LogP contribution in [0, 0.1) is 6.92 Å². The molecule has 1 amide bonds. The number of halogens is 1. The number of thiophene rings is 1. The summed E-state index contributed by atoms with van der Waals surface area (Å²) in [6, 6.07) is 13.3. The molecule has 1 unspecified atom stereocenters. The molecule has 0 aliphatic rings. The van der Waals surface area contributed by atoms with E-state index in [4.69, 9.17) is 21.1 Å². The molecule has 1 atom stereocenters. The lowest BCUT2D eigenvalue weighted by Crippen LogP contribution is -2.31. The predicted molar refractivity (Wildman–Crippen MR) is 136 cm³/mol. The van der Waals surface area contributed by atoms with Crippen molar-refractivity contribution in [1.29, 1.82) is 0 Å². The van der Waals surface area contributed by atoms with Crippen LogP contribution >= 0.6 is 22.9 Å². The summed E-state index contributed by atoms with van der Waals surface area (Å²) in [5.41, 5.74) is 1.38. The van der Waals surface area contributed by atoms with Gasteiger partial charge >= 0.3 is 5.97 Å². The monoisotopic (exact) mass is 511 g/mol. The Morgan fingerprint density at radius 3 is 2.63 bits per heavy atom. The summed E-state index contributed by atoms with van der Waals surface area (Å²) in [5.74, 6) is -0.470. The van der Waals surface area contributed by atoms with Gasteiger partial charge in [0.25, 0.3) is 5.56 Å². The first-order valence-corrected chi connectivity index (χ1v) is 11.8. The Morgan fingerprint density at radius 1 is 1.20 bits per heavy atom. The summed E-state index contributed by atoms with van der Waals surface area (Å²) in [7, 11) is 1.50. The fourth-order valence-electron chi connectivity index (χ4n) is 3.51. The lowest BCUT2D eigenvalue weighted by molar-refractivity contribution is -0.118. The van der Waals surface area contributed by atoms with Gasteiger partial charge in [-0.3, -0.25) is 14.2 Å². The lowest BCUT2D eigenvalue weighted by Gasteiger charge is -2.15. The van der Waals surface area contributed by atoms with Crippen molar-refractivity contribution in [2.45, 2.75) is 26.5 Å². The van der Waals surface area contributed by atoms with Gasteiger partial charge in [-0.2, -0.15) is 0 Å². The number of aromatic nitrogens is 2. The van der Waals surface area contributed by atoms with Crippen LogP contribution in [0.4, 0.5) is 5.69 Å². The average Bonchev–Trinajstić information content (AvgIpc) is 3.20. The molecule has 0 radical (unpaired) electrons. The molecule has 2 heterocycles. The van der Waals surface area contributed by atoms with Gasteiger partial charge in [0.05, 0.1) is 23.8 Å². The minimum Gasteiger partial charge on any atom is -0.495 e. The number of carbonyl (C=O) groups excluding carboxylic acids is 2. The minimum absolute atomic E-state index is 0.123. The zero-order chi connectivity index (χ0) is 25.1. The van der Waals surface area contributed by atoms with Crippen LogP contribution in [0.5, 0.6) is 5.75 Å². The first-order chi connectivity index (χ1) is 16.8. The van der Waals surface area contributed by atoms with Gasteiger partial charge in [0, 0.05) is 5.69 Å². The van der Waals surface area contributed by atoms with Crippen LogP contribution in [0.25, 0.3) is 10.2 Å². The maximum Gasteiger partial charge on any atom is 0.349 e. The molecule has 8 nitrogen and oxygen atoms in total. The molecular formula is C25H22ClN3O5S. The summed E-state index contributed by atoms with van der Waals surface area (Å²) in [4.78, 5) is 43.8. The number of anilines is 1. The van der Waals surface area contributed by atoms with E-state index in [1.165, 1.54) is 18.0 Å². The Labute approximate surface area is 210 Å². The zero-order valence-electron chi connectivity index (χ0n) is 19.2. The Bertz CT molecular complexity index is 1470. The number of nitrogens with one attached hydrogen (secondary N) is 1. The van der Waals surface area contributed by atoms with Gasteiger partial charge in [0.2, 0.25) is 5.91 Å². The largest absolute Gasteiger partial charge is 0.495 e. The second kappa shape index (κ2) is 10.3. The molecule has 2 aromatic carbocycles. The molecule has 4 aromatic rings. The third-order valence-corrected chi connectivity index (χ3v) is 6.97. The van der Waals surface area contributed by atoms with Gasteiger partial charge in [-0.1, -0.05) is 41.9 Å². The molecule has 0 fully saturated rings. The van der Waals surface area contributed by atoms with E-state index in [-0.39, 0.29) is 12.0 Å². The van der Waals surface area contributed by atoms with E-state index in [0.717, 1.165) is 16.9 Å². The quantitative estimate of drug-likeness (QED) is 0.351. The number of carbonyl (C=O) groups is 2. The molecule has 1 N–H and O–H groups in total. The van der Waals surface area contributed by atoms with Crippen LogP contribution < -0.4 is 15.6 Å². The predicted octanol–water partition coefficient (Wildman–Crippen LogP) is 4.99. The molecule has 0 aliphatic carbocycles. The number of rotatable bonds is 7. The number of hydrogen-bond donors (Lipinski definition) is 1. The first-order valence-electron chi connectivity index (χ1n) is 10.7. The molecule has 2 aromatic heterocycles. The molecular weight excluding hydrogens is 490 g/mol. The number of fused-ring (bicyclic) bond motifs is 1. The van der Waals surface area contributed by atoms with Gasteiger partial charge in [-0.05, 0) is 43.2 Å². The topological polar surface area (TPSA) is 99.5 Å². The highest BCUT2D eigenvalue weighted by Gasteiger charge is 2.24. The Balaban J connectivity index is 1.56. The average molecular weight is 512 g/mol. The molecule has 0 aliphatic heterocycles. The third kappa shape index (κ3) is 5.06. The highest BCUT2D eigenvalue weighted by atomic mass is 35.5. The Morgan fingerprint density at radius 2 is 1.94 bits per heavy atom. The number of nitrogens with zero attached hydrogens (tertiary/aromatic N) is 2. The van der Waals surface area contributed by atoms with E-state index in [1.54, 1.807) is 32.0 Å². The SMILES string of the molecule is COc1ccc(NC(=O)C(C)n2cnc3sc(C(=O)OCc4ccccc4)c(C)c3c2=O)cc1Cl. The van der Waals surface area contributed by atoms with Crippen molar-refractivity contribution in [3.63, 3.8) is 0 Å². The van der Waals surface area contributed by atoms with Gasteiger partial charge in [-0.15, -0.1) is 11.3 Å². The Kier molecular flexibility index (Phi) is 7.18. The van der Waals surface area contributed by atoms with Crippen molar-refractivity contribution in [2.75, 3.05) is 12.4 Å². The van der Waals surface area contributed by atoms with Crippen LogP contribution in [0.15, 0.2) is 59.7 Å². The second-order valence-electron chi connectivity index (χ2n) is 7.77. The summed E-state index contributed by atoms with van der Waals surface area (Å²) in [6.07, 6.45) is 1.31. The smallest absolute Gasteiger partial charge is 0.349 e. The molecule has 0 bridgehead atoms. The highest BCUT2D eigenvalue weighted by Crippen LogP contribution is 2.29. The Hall–Kier alpha value is -3.69. The van der Waals surface area contributed by atoms with Gasteiger partial charge < -0.3 is 14.8 Å². The standard InChI is InChI=1S/C25H22ClN3O5S/c1-14-20-23(35-21(14)25(32)34-12-16-7-5-4-6-8-16)27-13-29(24(20)31)15(2)22(30)28-17-9-10-19(33-3)18(26)11-17/h4-11,13,15H,12H2,1-3H3,(H,28,30). The van der Waals surface area contributed by atoms with Crippen LogP contribution in [0.3, 0.4) is 0 Å². The van der Waals surface area contributed by atoms with Crippen LogP contribution in [0.2, 0.25) is 5.02 Å². The van der Waals surface area contributed by atoms with Crippen molar-refractivity contribution in [2.24, 2.45) is 0 Å². The van der Waals surface area contributed by atoms with Gasteiger partial charge in [0.1, 0.15) is 28.1 Å². The fraction of sp³-hybridized carbons (Fsp3) is 0.200. The first kappa shape index (κ1) is 24.4. The lowest BCUT2D eigenvalue weighted by atomic mass is 10.2. The normalized spacial score (nSPS) is 11.8. The molecule has 0 spiro atoms. The zero-order valence-corrected chi connectivity index (χ0v) is 20.8. The number of ether oxygens (including phenoxy) is 2. The molecule has 4 rings (SSSR count). The molecule has 0 saturated heterocycles. The van der Waals surface area contributed by atoms with E-state index in [9.17, 15) is 14.4 Å². The van der Waals surface area contributed by atoms with Crippen molar-refractivity contribution >= 4 is 50.7 Å². The number of amides is 1. The van der Waals surface area contributed by atoms with Crippen molar-refractivity contribution in [1.82, 2.24) is 9.55 Å². The molecule has 0 saturated carbocycles. The molecule has 35 heavy (non-hydrogen) atoms. The minimum atomic E-state index is -0.868. The van der Waals surface area contributed by atoms with E-state index in [1.807, 2.05) is 30.3 Å². The summed E-state index contributed by atoms with van der Waals surface area (Å²) < 4.78 is 11.8. The van der Waals surface area contributed by atoms with Crippen LogP contribution in [-0.4, -0.2) is 28.5 Å². The van der Waals surface area contributed by atoms with E-state index in [0.29, 0.717) is 31.7 Å². The van der Waals surface area contributed by atoms with E-state index >= 15 is 0 Å². The van der Waals surface area contributed by atoms with E-state index in [2.05, 4.69) is 10.3 Å². The van der Waals surface area contributed by atoms with Gasteiger partial charge in [0.15, 0.2) is 0 Å². The summed E-state index contributed by atoms with van der Waals surface area (Å²) in [5, 5.41) is 3.37. The fourth-order valence-corrected chi connectivity index (χ4v) is 4.80. The molecule has 180 valence electrons. The maximum absolute atomic E-state index is 13.3. The number of methoxy groups -OCH3 is 1. The van der Waals surface area contributed by atoms with Crippen molar-refractivity contribution in [3.8, 4) is 5.75 Å². The number of benzene rings is 2. The van der Waals surface area contributed by atoms with Crippen LogP contribution in [0.1, 0.15) is 33.8 Å². The van der Waals surface area contributed by atoms with Gasteiger partial charge in [-0.25, -0.2) is 9.78 Å². The van der Waals surface area contributed by atoms with Crippen molar-refractivity contribution < 1.29 is 19.1 Å².